The molecule has 0 amide bonds. The molecule has 4 heteroatoms. The van der Waals surface area contributed by atoms with Gasteiger partial charge in [0.25, 0.3) is 0 Å². The lowest BCUT2D eigenvalue weighted by atomic mass is 10.0. The largest absolute Gasteiger partial charge is 0.481 e. The van der Waals surface area contributed by atoms with Crippen LogP contribution in [-0.2, 0) is 4.79 Å². The van der Waals surface area contributed by atoms with E-state index in [1.165, 1.54) is 0 Å². The first kappa shape index (κ1) is 17.3. The standard InChI is InChI=1S/C14H10O2.C4H8O2/c15-13(11-7-3-1-4-8-11)14(16)12-9-5-2-6-10-12;1-3(2)4(5)6/h1-10H;3H,1-2H3,(H,5,6). The minimum Gasteiger partial charge on any atom is -0.481 e. The Kier molecular flexibility index (Phi) is 6.70. The first-order valence-electron chi connectivity index (χ1n) is 6.85. The van der Waals surface area contributed by atoms with Gasteiger partial charge in [-0.25, -0.2) is 0 Å². The monoisotopic (exact) mass is 298 g/mol. The number of benzene rings is 2. The van der Waals surface area contributed by atoms with Gasteiger partial charge in [-0.1, -0.05) is 74.5 Å². The summed E-state index contributed by atoms with van der Waals surface area (Å²) in [6.45, 7) is 3.28. The number of hydrogen-bond donors (Lipinski definition) is 1. The van der Waals surface area contributed by atoms with Crippen molar-refractivity contribution in [2.75, 3.05) is 0 Å². The summed E-state index contributed by atoms with van der Waals surface area (Å²) >= 11 is 0. The van der Waals surface area contributed by atoms with Gasteiger partial charge < -0.3 is 5.11 Å². The molecule has 0 fully saturated rings. The van der Waals surface area contributed by atoms with Crippen molar-refractivity contribution in [3.63, 3.8) is 0 Å². The molecule has 0 bridgehead atoms. The smallest absolute Gasteiger partial charge is 0.305 e. The molecule has 0 radical (unpaired) electrons. The fourth-order valence-electron chi connectivity index (χ4n) is 1.44. The highest BCUT2D eigenvalue weighted by Gasteiger charge is 2.16. The zero-order valence-electron chi connectivity index (χ0n) is 12.5. The molecule has 0 aliphatic carbocycles. The van der Waals surface area contributed by atoms with Crippen LogP contribution >= 0.6 is 0 Å². The van der Waals surface area contributed by atoms with E-state index in [-0.39, 0.29) is 5.92 Å². The van der Waals surface area contributed by atoms with E-state index in [1.54, 1.807) is 62.4 Å². The van der Waals surface area contributed by atoms with Crippen LogP contribution in [0, 0.1) is 5.92 Å². The van der Waals surface area contributed by atoms with Crippen molar-refractivity contribution in [1.29, 1.82) is 0 Å². The van der Waals surface area contributed by atoms with Crippen molar-refractivity contribution < 1.29 is 19.5 Å². The highest BCUT2D eigenvalue weighted by atomic mass is 16.4. The Labute approximate surface area is 129 Å². The Balaban J connectivity index is 0.000000346. The molecule has 4 nitrogen and oxygen atoms in total. The summed E-state index contributed by atoms with van der Waals surface area (Å²) < 4.78 is 0. The maximum atomic E-state index is 11.8. The minimum atomic E-state index is -0.741. The number of ketones is 2. The van der Waals surface area contributed by atoms with Crippen LogP contribution in [0.15, 0.2) is 60.7 Å². The molecule has 1 N–H and O–H groups in total. The number of carbonyl (C=O) groups excluding carboxylic acids is 2. The summed E-state index contributed by atoms with van der Waals surface area (Å²) in [5, 5.41) is 7.99. The zero-order valence-corrected chi connectivity index (χ0v) is 12.5. The van der Waals surface area contributed by atoms with Crippen molar-refractivity contribution in [1.82, 2.24) is 0 Å². The summed E-state index contributed by atoms with van der Waals surface area (Å²) in [7, 11) is 0. The van der Waals surface area contributed by atoms with Gasteiger partial charge in [0.15, 0.2) is 0 Å². The molecular weight excluding hydrogens is 280 g/mol. The lowest BCUT2D eigenvalue weighted by Crippen LogP contribution is -2.14. The number of carbonyl (C=O) groups is 3. The van der Waals surface area contributed by atoms with Crippen LogP contribution in [0.1, 0.15) is 34.6 Å². The van der Waals surface area contributed by atoms with Gasteiger partial charge in [-0.2, -0.15) is 0 Å². The lowest BCUT2D eigenvalue weighted by Gasteiger charge is -1.99. The quantitative estimate of drug-likeness (QED) is 0.693. The third kappa shape index (κ3) is 5.32. The van der Waals surface area contributed by atoms with E-state index in [9.17, 15) is 14.4 Å². The number of rotatable bonds is 4. The predicted octanol–water partition coefficient (Wildman–Crippen LogP) is 3.48. The second-order valence-electron chi connectivity index (χ2n) is 4.88. The van der Waals surface area contributed by atoms with Gasteiger partial charge in [0.1, 0.15) is 0 Å². The second-order valence-corrected chi connectivity index (χ2v) is 4.88. The molecule has 2 aromatic carbocycles. The normalized spacial score (nSPS) is 9.59. The van der Waals surface area contributed by atoms with Gasteiger partial charge >= 0.3 is 5.97 Å². The molecule has 0 aromatic heterocycles. The third-order valence-corrected chi connectivity index (χ3v) is 2.77. The maximum absolute atomic E-state index is 11.8. The molecule has 0 aliphatic rings. The van der Waals surface area contributed by atoms with Gasteiger partial charge in [-0.3, -0.25) is 14.4 Å². The highest BCUT2D eigenvalue weighted by Crippen LogP contribution is 2.07. The fraction of sp³-hybridized carbons (Fsp3) is 0.167. The summed E-state index contributed by atoms with van der Waals surface area (Å²) in [5.74, 6) is -1.90. The number of Topliss-reactive ketones (excluding diaryl/α,β-unsaturated/α-hetero) is 2. The number of carboxylic acid groups (broad SMARTS) is 1. The van der Waals surface area contributed by atoms with Gasteiger partial charge in [0.05, 0.1) is 5.92 Å². The molecule has 0 unspecified atom stereocenters. The van der Waals surface area contributed by atoms with E-state index in [0.717, 1.165) is 0 Å². The minimum absolute atomic E-state index is 0.231. The summed E-state index contributed by atoms with van der Waals surface area (Å²) in [4.78, 5) is 33.3. The highest BCUT2D eigenvalue weighted by molar-refractivity contribution is 6.49. The topological polar surface area (TPSA) is 71.4 Å². The van der Waals surface area contributed by atoms with Crippen molar-refractivity contribution in [2.45, 2.75) is 13.8 Å². The molecule has 114 valence electrons. The Morgan fingerprint density at radius 2 is 1.00 bits per heavy atom. The molecule has 0 atom stereocenters. The molecule has 0 heterocycles. The van der Waals surface area contributed by atoms with Gasteiger partial charge in [0, 0.05) is 11.1 Å². The molecular formula is C18H18O4. The van der Waals surface area contributed by atoms with E-state index in [0.29, 0.717) is 11.1 Å². The van der Waals surface area contributed by atoms with E-state index in [1.807, 2.05) is 12.1 Å². The average Bonchev–Trinajstić information content (AvgIpc) is 2.55. The summed E-state index contributed by atoms with van der Waals surface area (Å²) in [6.07, 6.45) is 0. The van der Waals surface area contributed by atoms with Crippen molar-refractivity contribution in [3.05, 3.63) is 71.8 Å². The van der Waals surface area contributed by atoms with Crippen LogP contribution in [0.3, 0.4) is 0 Å². The number of carboxylic acids is 1. The zero-order chi connectivity index (χ0) is 16.5. The number of aliphatic carboxylic acids is 1. The molecule has 22 heavy (non-hydrogen) atoms. The molecule has 0 saturated heterocycles. The van der Waals surface area contributed by atoms with Crippen LogP contribution in [0.2, 0.25) is 0 Å². The van der Waals surface area contributed by atoms with Crippen molar-refractivity contribution >= 4 is 17.5 Å². The van der Waals surface area contributed by atoms with Gasteiger partial charge in [-0.15, -0.1) is 0 Å². The first-order valence-corrected chi connectivity index (χ1v) is 6.85. The van der Waals surface area contributed by atoms with Gasteiger partial charge in [-0.05, 0) is 0 Å². The molecule has 0 aliphatic heterocycles. The first-order chi connectivity index (χ1) is 10.4. The molecule has 0 saturated carbocycles. The predicted molar refractivity (Wildman–Crippen MR) is 84.0 cm³/mol. The van der Waals surface area contributed by atoms with Crippen molar-refractivity contribution in [3.8, 4) is 0 Å². The van der Waals surface area contributed by atoms with E-state index < -0.39 is 17.5 Å². The van der Waals surface area contributed by atoms with E-state index in [4.69, 9.17) is 5.11 Å². The number of hydrogen-bond acceptors (Lipinski definition) is 3. The Morgan fingerprint density at radius 3 is 1.23 bits per heavy atom. The van der Waals surface area contributed by atoms with Crippen LogP contribution in [0.25, 0.3) is 0 Å². The molecule has 2 rings (SSSR count). The second kappa shape index (κ2) is 8.52. The lowest BCUT2D eigenvalue weighted by molar-refractivity contribution is -0.140. The van der Waals surface area contributed by atoms with Gasteiger partial charge in [0.2, 0.25) is 11.6 Å². The Morgan fingerprint density at radius 1 is 0.727 bits per heavy atom. The van der Waals surface area contributed by atoms with E-state index >= 15 is 0 Å². The summed E-state index contributed by atoms with van der Waals surface area (Å²) in [5.41, 5.74) is 0.854. The Hall–Kier alpha value is -2.75. The van der Waals surface area contributed by atoms with Crippen molar-refractivity contribution in [2.24, 2.45) is 5.92 Å². The molecule has 0 spiro atoms. The molecule has 2 aromatic rings. The van der Waals surface area contributed by atoms with Crippen LogP contribution in [0.5, 0.6) is 0 Å². The Bertz CT molecular complexity index is 581. The maximum Gasteiger partial charge on any atom is 0.305 e. The van der Waals surface area contributed by atoms with Crippen LogP contribution in [0.4, 0.5) is 0 Å². The average molecular weight is 298 g/mol. The third-order valence-electron chi connectivity index (χ3n) is 2.77. The fourth-order valence-corrected chi connectivity index (χ4v) is 1.44. The van der Waals surface area contributed by atoms with E-state index in [2.05, 4.69) is 0 Å². The summed E-state index contributed by atoms with van der Waals surface area (Å²) in [6, 6.07) is 17.2. The van der Waals surface area contributed by atoms with Crippen LogP contribution in [-0.4, -0.2) is 22.6 Å². The SMILES string of the molecule is CC(C)C(=O)O.O=C(C(=O)c1ccccc1)c1ccccc1. The van der Waals surface area contributed by atoms with Crippen LogP contribution < -0.4 is 0 Å².